The highest BCUT2D eigenvalue weighted by Crippen LogP contribution is 2.20. The Kier molecular flexibility index (Phi) is 6.14. The van der Waals surface area contributed by atoms with Gasteiger partial charge in [0.15, 0.2) is 0 Å². The molecule has 0 saturated heterocycles. The van der Waals surface area contributed by atoms with E-state index in [1.165, 1.54) is 0 Å². The molecule has 0 aliphatic rings. The van der Waals surface area contributed by atoms with Gasteiger partial charge in [0.05, 0.1) is 0 Å². The van der Waals surface area contributed by atoms with Crippen molar-refractivity contribution in [1.82, 2.24) is 5.32 Å². The molecule has 0 aliphatic heterocycles. The van der Waals surface area contributed by atoms with Gasteiger partial charge in [0.1, 0.15) is 18.8 Å². The summed E-state index contributed by atoms with van der Waals surface area (Å²) in [6.45, 7) is 1.92. The molecule has 2 aromatic carbocycles. The number of carbonyl (C=O) groups is 1. The van der Waals surface area contributed by atoms with Gasteiger partial charge in [-0.3, -0.25) is 0 Å². The van der Waals surface area contributed by atoms with Crippen LogP contribution < -0.4 is 5.32 Å². The summed E-state index contributed by atoms with van der Waals surface area (Å²) in [6, 6.07) is 16.6. The molecule has 0 bridgehead atoms. The Balaban J connectivity index is 1.78. The van der Waals surface area contributed by atoms with Crippen molar-refractivity contribution in [1.29, 1.82) is 0 Å². The molecule has 1 amide bonds. The largest absolute Gasteiger partial charge is 0.445 e. The van der Waals surface area contributed by atoms with Crippen LogP contribution >= 0.6 is 0 Å². The van der Waals surface area contributed by atoms with Gasteiger partial charge in [0, 0.05) is 6.54 Å². The quantitative estimate of drug-likeness (QED) is 0.764. The number of alkyl carbamates (subject to hydrolysis) is 1. The minimum Gasteiger partial charge on any atom is -0.445 e. The molecule has 0 radical (unpaired) electrons. The van der Waals surface area contributed by atoms with Gasteiger partial charge in [-0.1, -0.05) is 54.6 Å². The van der Waals surface area contributed by atoms with Crippen molar-refractivity contribution in [3.63, 3.8) is 0 Å². The van der Waals surface area contributed by atoms with Gasteiger partial charge in [-0.2, -0.15) is 0 Å². The Hall–Kier alpha value is -2.37. The molecule has 122 valence electrons. The smallest absolute Gasteiger partial charge is 0.407 e. The summed E-state index contributed by atoms with van der Waals surface area (Å²) in [7, 11) is 0. The maximum absolute atomic E-state index is 11.6. The first kappa shape index (κ1) is 17.0. The number of benzene rings is 2. The number of hydrogen-bond acceptors (Lipinski definition) is 4. The van der Waals surface area contributed by atoms with E-state index in [-0.39, 0.29) is 13.2 Å². The Morgan fingerprint density at radius 1 is 1.09 bits per heavy atom. The lowest BCUT2D eigenvalue weighted by molar-refractivity contribution is 0.0180. The number of rotatable bonds is 6. The third-order valence-corrected chi connectivity index (χ3v) is 3.54. The molecule has 0 saturated carbocycles. The molecule has 23 heavy (non-hydrogen) atoms. The highest BCUT2D eigenvalue weighted by atomic mass is 16.5. The van der Waals surface area contributed by atoms with Crippen molar-refractivity contribution in [2.75, 3.05) is 6.54 Å². The van der Waals surface area contributed by atoms with Gasteiger partial charge < -0.3 is 20.3 Å². The van der Waals surface area contributed by atoms with E-state index in [0.29, 0.717) is 5.56 Å². The minimum absolute atomic E-state index is 0.0941. The zero-order valence-electron chi connectivity index (χ0n) is 13.0. The molecule has 2 atom stereocenters. The number of aliphatic hydroxyl groups excluding tert-OH is 2. The van der Waals surface area contributed by atoms with Crippen LogP contribution in [0.15, 0.2) is 54.6 Å². The average molecular weight is 315 g/mol. The van der Waals surface area contributed by atoms with Crippen LogP contribution in [-0.4, -0.2) is 29.0 Å². The van der Waals surface area contributed by atoms with Crippen LogP contribution in [0.1, 0.15) is 22.8 Å². The first-order valence-corrected chi connectivity index (χ1v) is 7.44. The van der Waals surface area contributed by atoms with Gasteiger partial charge >= 0.3 is 6.09 Å². The minimum atomic E-state index is -1.11. The second kappa shape index (κ2) is 8.31. The molecule has 0 spiro atoms. The number of aliphatic hydroxyl groups is 2. The predicted molar refractivity (Wildman–Crippen MR) is 86.8 cm³/mol. The molecular formula is C18H21NO4. The van der Waals surface area contributed by atoms with Crippen molar-refractivity contribution in [3.05, 3.63) is 71.3 Å². The lowest BCUT2D eigenvalue weighted by Gasteiger charge is -2.20. The van der Waals surface area contributed by atoms with Crippen LogP contribution in [0, 0.1) is 6.92 Å². The third kappa shape index (κ3) is 5.09. The highest BCUT2D eigenvalue weighted by molar-refractivity contribution is 5.67. The van der Waals surface area contributed by atoms with E-state index in [1.807, 2.05) is 49.4 Å². The van der Waals surface area contributed by atoms with Gasteiger partial charge in [-0.05, 0) is 23.6 Å². The van der Waals surface area contributed by atoms with Crippen molar-refractivity contribution >= 4 is 6.09 Å². The van der Waals surface area contributed by atoms with Gasteiger partial charge in [-0.15, -0.1) is 0 Å². The highest BCUT2D eigenvalue weighted by Gasteiger charge is 2.20. The van der Waals surface area contributed by atoms with Crippen LogP contribution in [0.2, 0.25) is 0 Å². The normalized spacial score (nSPS) is 13.2. The van der Waals surface area contributed by atoms with Gasteiger partial charge in [0.2, 0.25) is 0 Å². The number of hydrogen-bond donors (Lipinski definition) is 3. The second-order valence-electron chi connectivity index (χ2n) is 5.31. The molecule has 3 N–H and O–H groups in total. The van der Waals surface area contributed by atoms with Crippen LogP contribution in [0.5, 0.6) is 0 Å². The lowest BCUT2D eigenvalue weighted by Crippen LogP contribution is -2.36. The van der Waals surface area contributed by atoms with Crippen LogP contribution in [0.3, 0.4) is 0 Å². The van der Waals surface area contributed by atoms with Crippen molar-refractivity contribution < 1.29 is 19.7 Å². The number of ether oxygens (including phenoxy) is 1. The first-order valence-electron chi connectivity index (χ1n) is 7.44. The summed E-state index contributed by atoms with van der Waals surface area (Å²) in [5, 5.41) is 22.6. The fraction of sp³-hybridized carbons (Fsp3) is 0.278. The summed E-state index contributed by atoms with van der Waals surface area (Å²) in [4.78, 5) is 11.6. The molecule has 2 aromatic rings. The maximum atomic E-state index is 11.6. The molecule has 0 heterocycles. The number of aryl methyl sites for hydroxylation is 1. The van der Waals surface area contributed by atoms with E-state index in [1.54, 1.807) is 12.1 Å². The van der Waals surface area contributed by atoms with E-state index in [4.69, 9.17) is 4.74 Å². The van der Waals surface area contributed by atoms with Gasteiger partial charge in [0.25, 0.3) is 0 Å². The van der Waals surface area contributed by atoms with E-state index >= 15 is 0 Å². The van der Waals surface area contributed by atoms with E-state index < -0.39 is 18.3 Å². The molecule has 5 heteroatoms. The van der Waals surface area contributed by atoms with Crippen LogP contribution in [0.4, 0.5) is 4.79 Å². The summed E-state index contributed by atoms with van der Waals surface area (Å²) in [5.74, 6) is 0. The van der Waals surface area contributed by atoms with Crippen molar-refractivity contribution in [3.8, 4) is 0 Å². The monoisotopic (exact) mass is 315 g/mol. The summed E-state index contributed by atoms with van der Waals surface area (Å²) in [5.41, 5.74) is 2.40. The zero-order chi connectivity index (χ0) is 16.7. The number of carbonyl (C=O) groups excluding carboxylic acids is 1. The fourth-order valence-corrected chi connectivity index (χ4v) is 2.20. The molecule has 2 rings (SSSR count). The topological polar surface area (TPSA) is 78.8 Å². The maximum Gasteiger partial charge on any atom is 0.407 e. The molecule has 0 aliphatic carbocycles. The Morgan fingerprint density at radius 2 is 1.74 bits per heavy atom. The van der Waals surface area contributed by atoms with Crippen molar-refractivity contribution in [2.24, 2.45) is 0 Å². The first-order chi connectivity index (χ1) is 11.1. The van der Waals surface area contributed by atoms with E-state index in [0.717, 1.165) is 11.1 Å². The lowest BCUT2D eigenvalue weighted by atomic mass is 9.99. The molecular weight excluding hydrogens is 294 g/mol. The standard InChI is InChI=1S/C18H21NO4/c1-13-7-5-6-10-15(13)17(21)16(20)11-19-18(22)23-12-14-8-3-2-4-9-14/h2-10,16-17,20-21H,11-12H2,1H3,(H,19,22). The molecule has 2 unspecified atom stereocenters. The number of nitrogens with one attached hydrogen (secondary N) is 1. The third-order valence-electron chi connectivity index (χ3n) is 3.54. The van der Waals surface area contributed by atoms with E-state index in [9.17, 15) is 15.0 Å². The summed E-state index contributed by atoms with van der Waals surface area (Å²) < 4.78 is 5.04. The summed E-state index contributed by atoms with van der Waals surface area (Å²) in [6.07, 6.45) is -2.81. The summed E-state index contributed by atoms with van der Waals surface area (Å²) >= 11 is 0. The fourth-order valence-electron chi connectivity index (χ4n) is 2.20. The second-order valence-corrected chi connectivity index (χ2v) is 5.31. The van der Waals surface area contributed by atoms with E-state index in [2.05, 4.69) is 5.32 Å². The Bertz CT molecular complexity index is 630. The van der Waals surface area contributed by atoms with Crippen LogP contribution in [-0.2, 0) is 11.3 Å². The number of amides is 1. The van der Waals surface area contributed by atoms with Crippen molar-refractivity contribution in [2.45, 2.75) is 25.7 Å². The zero-order valence-corrected chi connectivity index (χ0v) is 13.0. The average Bonchev–Trinajstić information content (AvgIpc) is 2.58. The Morgan fingerprint density at radius 3 is 2.43 bits per heavy atom. The molecule has 0 fully saturated rings. The Labute approximate surface area is 135 Å². The predicted octanol–water partition coefficient (Wildman–Crippen LogP) is 2.32. The van der Waals surface area contributed by atoms with Gasteiger partial charge in [-0.25, -0.2) is 4.79 Å². The molecule has 0 aromatic heterocycles. The SMILES string of the molecule is Cc1ccccc1C(O)C(O)CNC(=O)OCc1ccccc1. The van der Waals surface area contributed by atoms with Crippen LogP contribution in [0.25, 0.3) is 0 Å². The molecule has 5 nitrogen and oxygen atoms in total.